The fourth-order valence-electron chi connectivity index (χ4n) is 3.20. The Morgan fingerprint density at radius 3 is 2.29 bits per heavy atom. The molecule has 1 aliphatic carbocycles. The van der Waals surface area contributed by atoms with Gasteiger partial charge in [0.25, 0.3) is 0 Å². The molecule has 0 radical (unpaired) electrons. The van der Waals surface area contributed by atoms with E-state index in [9.17, 15) is 10.1 Å². The molecule has 0 bridgehead atoms. The molecule has 0 amide bonds. The lowest BCUT2D eigenvalue weighted by atomic mass is 9.89. The van der Waals surface area contributed by atoms with Crippen LogP contribution in [0.1, 0.15) is 75.3 Å². The van der Waals surface area contributed by atoms with Crippen LogP contribution in [0.25, 0.3) is 0 Å². The summed E-state index contributed by atoms with van der Waals surface area (Å²) in [5, 5.41) is 9.35. The zero-order valence-electron chi connectivity index (χ0n) is 13.1. The smallest absolute Gasteiger partial charge is 0.154 e. The Kier molecular flexibility index (Phi) is 5.56. The molecule has 0 spiro atoms. The van der Waals surface area contributed by atoms with Crippen molar-refractivity contribution in [2.45, 2.75) is 64.2 Å². The number of hydrogen-bond donors (Lipinski definition) is 0. The van der Waals surface area contributed by atoms with Crippen molar-refractivity contribution in [3.8, 4) is 6.07 Å². The van der Waals surface area contributed by atoms with Crippen LogP contribution in [0, 0.1) is 17.2 Å². The van der Waals surface area contributed by atoms with Gasteiger partial charge in [0.15, 0.2) is 5.78 Å². The molecule has 1 aromatic rings. The quantitative estimate of drug-likeness (QED) is 0.740. The van der Waals surface area contributed by atoms with E-state index in [-0.39, 0.29) is 5.78 Å². The second kappa shape index (κ2) is 7.41. The zero-order valence-corrected chi connectivity index (χ0v) is 13.1. The molecule has 0 saturated heterocycles. The first kappa shape index (κ1) is 15.8. The van der Waals surface area contributed by atoms with E-state index in [1.54, 1.807) is 0 Å². The maximum Gasteiger partial charge on any atom is 0.154 e. The van der Waals surface area contributed by atoms with Gasteiger partial charge in [0.1, 0.15) is 5.92 Å². The number of benzene rings is 1. The van der Waals surface area contributed by atoms with Crippen molar-refractivity contribution in [1.82, 2.24) is 0 Å². The van der Waals surface area contributed by atoms with Crippen molar-refractivity contribution >= 4 is 5.78 Å². The predicted molar refractivity (Wildman–Crippen MR) is 85.1 cm³/mol. The number of ketones is 1. The highest BCUT2D eigenvalue weighted by atomic mass is 16.1. The third-order valence-corrected chi connectivity index (χ3v) is 4.66. The zero-order chi connectivity index (χ0) is 15.2. The summed E-state index contributed by atoms with van der Waals surface area (Å²) in [6.45, 7) is 4.28. The first-order chi connectivity index (χ1) is 10.1. The van der Waals surface area contributed by atoms with Gasteiger partial charge in [0, 0.05) is 6.42 Å². The number of nitrogens with zero attached hydrogens (tertiary/aromatic N) is 1. The third kappa shape index (κ3) is 4.17. The topological polar surface area (TPSA) is 40.9 Å². The van der Waals surface area contributed by atoms with Crippen molar-refractivity contribution in [3.63, 3.8) is 0 Å². The van der Waals surface area contributed by atoms with Crippen LogP contribution in [-0.2, 0) is 4.79 Å². The molecule has 1 fully saturated rings. The predicted octanol–water partition coefficient (Wildman–Crippen LogP) is 4.96. The molecule has 2 heteroatoms. The Balaban J connectivity index is 1.97. The fourth-order valence-corrected chi connectivity index (χ4v) is 3.20. The molecule has 21 heavy (non-hydrogen) atoms. The van der Waals surface area contributed by atoms with Crippen LogP contribution < -0.4 is 0 Å². The number of hydrogen-bond acceptors (Lipinski definition) is 2. The second-order valence-electron chi connectivity index (χ2n) is 6.54. The molecule has 0 N–H and O–H groups in total. The van der Waals surface area contributed by atoms with Crippen molar-refractivity contribution in [3.05, 3.63) is 35.4 Å². The standard InChI is InChI=1S/C19H25NO/c1-14(2)16-8-10-17(11-9-16)18(13-20)19(21)12-7-15-5-3-4-6-15/h8-11,14-15,18H,3-7,12H2,1-2H3. The number of carbonyl (C=O) groups is 1. The molecule has 0 heterocycles. The van der Waals surface area contributed by atoms with Crippen LogP contribution in [0.4, 0.5) is 0 Å². The minimum Gasteiger partial charge on any atom is -0.298 e. The number of carbonyl (C=O) groups excluding carboxylic acids is 1. The number of nitriles is 1. The fraction of sp³-hybridized carbons (Fsp3) is 0.579. The molecule has 2 nitrogen and oxygen atoms in total. The van der Waals surface area contributed by atoms with Crippen LogP contribution >= 0.6 is 0 Å². The molecule has 1 atom stereocenters. The van der Waals surface area contributed by atoms with Crippen LogP contribution in [0.3, 0.4) is 0 Å². The highest BCUT2D eigenvalue weighted by molar-refractivity contribution is 5.88. The third-order valence-electron chi connectivity index (χ3n) is 4.66. The molecule has 1 aliphatic rings. The Bertz CT molecular complexity index is 503. The van der Waals surface area contributed by atoms with Gasteiger partial charge in [-0.15, -0.1) is 0 Å². The minimum absolute atomic E-state index is 0.0849. The van der Waals surface area contributed by atoms with Crippen molar-refractivity contribution in [2.24, 2.45) is 5.92 Å². The molecule has 0 aromatic heterocycles. The molecule has 1 saturated carbocycles. The Labute approximate surface area is 128 Å². The first-order valence-corrected chi connectivity index (χ1v) is 8.14. The van der Waals surface area contributed by atoms with Gasteiger partial charge in [-0.05, 0) is 29.4 Å². The van der Waals surface area contributed by atoms with E-state index in [1.807, 2.05) is 24.3 Å². The summed E-state index contributed by atoms with van der Waals surface area (Å²) >= 11 is 0. The van der Waals surface area contributed by atoms with Gasteiger partial charge >= 0.3 is 0 Å². The summed E-state index contributed by atoms with van der Waals surface area (Å²) in [5.74, 6) is 0.670. The molecule has 1 unspecified atom stereocenters. The van der Waals surface area contributed by atoms with Crippen LogP contribution in [0.2, 0.25) is 0 Å². The number of Topliss-reactive ketones (excluding diaryl/α,β-unsaturated/α-hetero) is 1. The van der Waals surface area contributed by atoms with E-state index in [4.69, 9.17) is 0 Å². The average molecular weight is 283 g/mol. The maximum atomic E-state index is 12.3. The van der Waals surface area contributed by atoms with Crippen molar-refractivity contribution in [1.29, 1.82) is 5.26 Å². The summed E-state index contributed by atoms with van der Waals surface area (Å²) in [6.07, 6.45) is 6.63. The SMILES string of the molecule is CC(C)c1ccc(C(C#N)C(=O)CCC2CCCC2)cc1. The molecular weight excluding hydrogens is 258 g/mol. The van der Waals surface area contributed by atoms with E-state index in [0.29, 0.717) is 18.3 Å². The first-order valence-electron chi connectivity index (χ1n) is 8.14. The molecule has 0 aliphatic heterocycles. The van der Waals surface area contributed by atoms with Gasteiger partial charge in [-0.1, -0.05) is 63.8 Å². The molecule has 112 valence electrons. The largest absolute Gasteiger partial charge is 0.298 e. The number of rotatable bonds is 6. The van der Waals surface area contributed by atoms with E-state index >= 15 is 0 Å². The minimum atomic E-state index is -0.590. The van der Waals surface area contributed by atoms with Gasteiger partial charge in [-0.3, -0.25) is 4.79 Å². The highest BCUT2D eigenvalue weighted by Gasteiger charge is 2.22. The average Bonchev–Trinajstić information content (AvgIpc) is 3.00. The van der Waals surface area contributed by atoms with Gasteiger partial charge in [0.2, 0.25) is 0 Å². The highest BCUT2D eigenvalue weighted by Crippen LogP contribution is 2.30. The van der Waals surface area contributed by atoms with Crippen LogP contribution in [0.5, 0.6) is 0 Å². The normalized spacial score (nSPS) is 16.9. The van der Waals surface area contributed by atoms with Gasteiger partial charge in [-0.2, -0.15) is 5.26 Å². The maximum absolute atomic E-state index is 12.3. The lowest BCUT2D eigenvalue weighted by Crippen LogP contribution is -2.12. The van der Waals surface area contributed by atoms with Crippen LogP contribution in [0.15, 0.2) is 24.3 Å². The summed E-state index contributed by atoms with van der Waals surface area (Å²) in [7, 11) is 0. The van der Waals surface area contributed by atoms with E-state index < -0.39 is 5.92 Å². The van der Waals surface area contributed by atoms with Crippen molar-refractivity contribution in [2.75, 3.05) is 0 Å². The van der Waals surface area contributed by atoms with Gasteiger partial charge in [-0.25, -0.2) is 0 Å². The van der Waals surface area contributed by atoms with E-state index in [0.717, 1.165) is 12.0 Å². The Hall–Kier alpha value is -1.62. The Morgan fingerprint density at radius 2 is 1.76 bits per heavy atom. The lowest BCUT2D eigenvalue weighted by Gasteiger charge is -2.12. The van der Waals surface area contributed by atoms with Crippen LogP contribution in [-0.4, -0.2) is 5.78 Å². The summed E-state index contributed by atoms with van der Waals surface area (Å²) < 4.78 is 0. The summed E-state index contributed by atoms with van der Waals surface area (Å²) in [5.41, 5.74) is 2.09. The van der Waals surface area contributed by atoms with Gasteiger partial charge < -0.3 is 0 Å². The van der Waals surface area contributed by atoms with Crippen molar-refractivity contribution < 1.29 is 4.79 Å². The Morgan fingerprint density at radius 1 is 1.19 bits per heavy atom. The van der Waals surface area contributed by atoms with E-state index in [2.05, 4.69) is 19.9 Å². The molecule has 1 aromatic carbocycles. The monoisotopic (exact) mass is 283 g/mol. The summed E-state index contributed by atoms with van der Waals surface area (Å²) in [6, 6.07) is 10.1. The lowest BCUT2D eigenvalue weighted by molar-refractivity contribution is -0.119. The summed E-state index contributed by atoms with van der Waals surface area (Å²) in [4.78, 5) is 12.3. The van der Waals surface area contributed by atoms with Gasteiger partial charge in [0.05, 0.1) is 6.07 Å². The molecular formula is C19H25NO. The molecule has 2 rings (SSSR count). The van der Waals surface area contributed by atoms with E-state index in [1.165, 1.54) is 31.2 Å². The second-order valence-corrected chi connectivity index (χ2v) is 6.54.